The average molecular weight is 302 g/mol. The third-order valence-electron chi connectivity index (χ3n) is 2.39. The van der Waals surface area contributed by atoms with Crippen molar-refractivity contribution in [3.05, 3.63) is 51.9 Å². The topological polar surface area (TPSA) is 46.2 Å². The van der Waals surface area contributed by atoms with E-state index in [1.54, 1.807) is 24.3 Å². The van der Waals surface area contributed by atoms with E-state index in [9.17, 15) is 8.42 Å². The van der Waals surface area contributed by atoms with Crippen molar-refractivity contribution in [2.75, 3.05) is 0 Å². The second-order valence-corrected chi connectivity index (χ2v) is 7.47. The zero-order chi connectivity index (χ0) is 13.2. The number of benzene rings is 1. The Bertz CT molecular complexity index is 650. The monoisotopic (exact) mass is 301 g/mol. The van der Waals surface area contributed by atoms with Crippen molar-refractivity contribution in [1.82, 2.24) is 4.72 Å². The van der Waals surface area contributed by atoms with Gasteiger partial charge in [0.25, 0.3) is 0 Å². The molecule has 1 heterocycles. The SMILES string of the molecule is Cc1ccc(S(=O)(=O)NCc2ccccc2Cl)s1. The van der Waals surface area contributed by atoms with Crippen LogP contribution in [0.1, 0.15) is 10.4 Å². The Labute approximate surface area is 115 Å². The molecule has 0 aliphatic rings. The van der Waals surface area contributed by atoms with Crippen LogP contribution in [0.2, 0.25) is 5.02 Å². The summed E-state index contributed by atoms with van der Waals surface area (Å²) in [5, 5.41) is 0.558. The number of aryl methyl sites for hydroxylation is 1. The molecule has 2 rings (SSSR count). The summed E-state index contributed by atoms with van der Waals surface area (Å²) in [4.78, 5) is 0.966. The molecule has 0 aliphatic heterocycles. The summed E-state index contributed by atoms with van der Waals surface area (Å²) in [5.74, 6) is 0. The highest BCUT2D eigenvalue weighted by atomic mass is 35.5. The van der Waals surface area contributed by atoms with E-state index in [0.29, 0.717) is 9.23 Å². The Hall–Kier alpha value is -0.880. The first-order valence-corrected chi connectivity index (χ1v) is 7.96. The summed E-state index contributed by atoms with van der Waals surface area (Å²) in [6.07, 6.45) is 0. The van der Waals surface area contributed by atoms with Crippen LogP contribution < -0.4 is 4.72 Å². The van der Waals surface area contributed by atoms with Crippen LogP contribution in [0.5, 0.6) is 0 Å². The fourth-order valence-corrected chi connectivity index (χ4v) is 3.98. The molecule has 0 amide bonds. The van der Waals surface area contributed by atoms with Crippen molar-refractivity contribution in [2.45, 2.75) is 17.7 Å². The molecule has 0 atom stereocenters. The van der Waals surface area contributed by atoms with E-state index in [2.05, 4.69) is 4.72 Å². The Kier molecular flexibility index (Phi) is 4.07. The van der Waals surface area contributed by atoms with E-state index in [-0.39, 0.29) is 6.54 Å². The van der Waals surface area contributed by atoms with Crippen molar-refractivity contribution in [2.24, 2.45) is 0 Å². The molecule has 1 N–H and O–H groups in total. The zero-order valence-corrected chi connectivity index (χ0v) is 12.1. The maximum Gasteiger partial charge on any atom is 0.250 e. The van der Waals surface area contributed by atoms with Gasteiger partial charge in [0.2, 0.25) is 10.0 Å². The molecule has 0 bridgehead atoms. The van der Waals surface area contributed by atoms with E-state index >= 15 is 0 Å². The molecule has 0 saturated carbocycles. The van der Waals surface area contributed by atoms with E-state index in [1.807, 2.05) is 19.1 Å². The Morgan fingerprint density at radius 3 is 2.56 bits per heavy atom. The molecule has 0 radical (unpaired) electrons. The highest BCUT2D eigenvalue weighted by Crippen LogP contribution is 2.21. The van der Waals surface area contributed by atoms with Gasteiger partial charge >= 0.3 is 0 Å². The van der Waals surface area contributed by atoms with Crippen LogP contribution in [0.25, 0.3) is 0 Å². The van der Waals surface area contributed by atoms with Crippen molar-refractivity contribution in [1.29, 1.82) is 0 Å². The molecule has 0 unspecified atom stereocenters. The van der Waals surface area contributed by atoms with Gasteiger partial charge in [0.1, 0.15) is 4.21 Å². The molecule has 2 aromatic rings. The smallest absolute Gasteiger partial charge is 0.206 e. The van der Waals surface area contributed by atoms with Crippen LogP contribution in [0, 0.1) is 6.92 Å². The summed E-state index contributed by atoms with van der Waals surface area (Å²) in [5.41, 5.74) is 0.760. The van der Waals surface area contributed by atoms with Crippen molar-refractivity contribution < 1.29 is 8.42 Å². The van der Waals surface area contributed by atoms with Gasteiger partial charge in [-0.1, -0.05) is 29.8 Å². The third-order valence-corrected chi connectivity index (χ3v) is 5.65. The minimum absolute atomic E-state index is 0.193. The molecular formula is C12H12ClNO2S2. The lowest BCUT2D eigenvalue weighted by atomic mass is 10.2. The van der Waals surface area contributed by atoms with Gasteiger partial charge in [0.15, 0.2) is 0 Å². The lowest BCUT2D eigenvalue weighted by Crippen LogP contribution is -2.22. The largest absolute Gasteiger partial charge is 0.250 e. The molecule has 1 aromatic carbocycles. The first kappa shape index (κ1) is 13.5. The number of nitrogens with one attached hydrogen (secondary N) is 1. The van der Waals surface area contributed by atoms with Crippen LogP contribution in [-0.4, -0.2) is 8.42 Å². The number of hydrogen-bond acceptors (Lipinski definition) is 3. The van der Waals surface area contributed by atoms with Gasteiger partial charge in [-0.3, -0.25) is 0 Å². The summed E-state index contributed by atoms with van der Waals surface area (Å²) < 4.78 is 26.8. The second-order valence-electron chi connectivity index (χ2n) is 3.78. The van der Waals surface area contributed by atoms with Crippen LogP contribution in [0.4, 0.5) is 0 Å². The van der Waals surface area contributed by atoms with Gasteiger partial charge in [-0.25, -0.2) is 13.1 Å². The number of halogens is 1. The van der Waals surface area contributed by atoms with Crippen LogP contribution >= 0.6 is 22.9 Å². The Morgan fingerprint density at radius 1 is 1.22 bits per heavy atom. The number of sulfonamides is 1. The predicted molar refractivity (Wildman–Crippen MR) is 74.5 cm³/mol. The third kappa shape index (κ3) is 3.11. The zero-order valence-electron chi connectivity index (χ0n) is 9.68. The van der Waals surface area contributed by atoms with Gasteiger partial charge in [-0.2, -0.15) is 0 Å². The predicted octanol–water partition coefficient (Wildman–Crippen LogP) is 3.19. The fraction of sp³-hybridized carbons (Fsp3) is 0.167. The van der Waals surface area contributed by atoms with E-state index < -0.39 is 10.0 Å². The normalized spacial score (nSPS) is 11.7. The Balaban J connectivity index is 2.13. The van der Waals surface area contributed by atoms with Gasteiger partial charge in [-0.05, 0) is 30.7 Å². The number of hydrogen-bond donors (Lipinski definition) is 1. The first-order valence-electron chi connectivity index (χ1n) is 5.28. The lowest BCUT2D eigenvalue weighted by molar-refractivity contribution is 0.583. The molecule has 6 heteroatoms. The van der Waals surface area contributed by atoms with Gasteiger partial charge in [0.05, 0.1) is 0 Å². The summed E-state index contributed by atoms with van der Waals surface area (Å²) >= 11 is 7.22. The molecule has 1 aromatic heterocycles. The lowest BCUT2D eigenvalue weighted by Gasteiger charge is -2.06. The highest BCUT2D eigenvalue weighted by molar-refractivity contribution is 7.91. The fourth-order valence-electron chi connectivity index (χ4n) is 1.44. The molecule has 0 spiro atoms. The maximum atomic E-state index is 12.0. The van der Waals surface area contributed by atoms with Crippen molar-refractivity contribution in [3.63, 3.8) is 0 Å². The van der Waals surface area contributed by atoms with Gasteiger partial charge in [0, 0.05) is 16.4 Å². The quantitative estimate of drug-likeness (QED) is 0.942. The minimum Gasteiger partial charge on any atom is -0.206 e. The minimum atomic E-state index is -3.44. The molecule has 0 aliphatic carbocycles. The summed E-state index contributed by atoms with van der Waals surface area (Å²) in [7, 11) is -3.44. The highest BCUT2D eigenvalue weighted by Gasteiger charge is 2.16. The maximum absolute atomic E-state index is 12.0. The van der Waals surface area contributed by atoms with Crippen molar-refractivity contribution in [3.8, 4) is 0 Å². The van der Waals surface area contributed by atoms with Crippen molar-refractivity contribution >= 4 is 33.0 Å². The summed E-state index contributed by atoms with van der Waals surface area (Å²) in [6, 6.07) is 10.6. The molecule has 0 saturated heterocycles. The number of rotatable bonds is 4. The first-order chi connectivity index (χ1) is 8.49. The molecule has 0 fully saturated rings. The molecule has 3 nitrogen and oxygen atoms in total. The van der Waals surface area contributed by atoms with Crippen LogP contribution in [-0.2, 0) is 16.6 Å². The Morgan fingerprint density at radius 2 is 1.94 bits per heavy atom. The standard InChI is InChI=1S/C12H12ClNO2S2/c1-9-6-7-12(17-9)18(15,16)14-8-10-4-2-3-5-11(10)13/h2-7,14H,8H2,1H3. The second kappa shape index (κ2) is 5.40. The molecular weight excluding hydrogens is 290 g/mol. The average Bonchev–Trinajstić information content (AvgIpc) is 2.76. The van der Waals surface area contributed by atoms with Crippen LogP contribution in [0.3, 0.4) is 0 Å². The van der Waals surface area contributed by atoms with Gasteiger partial charge in [-0.15, -0.1) is 11.3 Å². The van der Waals surface area contributed by atoms with E-state index in [4.69, 9.17) is 11.6 Å². The van der Waals surface area contributed by atoms with Crippen LogP contribution in [0.15, 0.2) is 40.6 Å². The van der Waals surface area contributed by atoms with Gasteiger partial charge < -0.3 is 0 Å². The van der Waals surface area contributed by atoms with E-state index in [0.717, 1.165) is 10.4 Å². The number of thiophene rings is 1. The molecule has 96 valence electrons. The molecule has 18 heavy (non-hydrogen) atoms. The summed E-state index contributed by atoms with van der Waals surface area (Å²) in [6.45, 7) is 2.07. The van der Waals surface area contributed by atoms with E-state index in [1.165, 1.54) is 11.3 Å².